The van der Waals surface area contributed by atoms with Crippen molar-refractivity contribution in [1.82, 2.24) is 24.9 Å². The van der Waals surface area contributed by atoms with Crippen LogP contribution in [-0.2, 0) is 0 Å². The highest BCUT2D eigenvalue weighted by molar-refractivity contribution is 6.15. The lowest BCUT2D eigenvalue weighted by molar-refractivity contribution is 0.666. The summed E-state index contributed by atoms with van der Waals surface area (Å²) < 4.78 is 19.6. The van der Waals surface area contributed by atoms with Gasteiger partial charge in [0, 0.05) is 43.6 Å². The van der Waals surface area contributed by atoms with Gasteiger partial charge in [-0.15, -0.1) is 0 Å². The Morgan fingerprint density at radius 3 is 1.56 bits per heavy atom. The zero-order chi connectivity index (χ0) is 37.5. The molecule has 57 heavy (non-hydrogen) atoms. The molecular weight excluding hydrogens is 707 g/mol. The Morgan fingerprint density at radius 1 is 0.298 bits per heavy atom. The Labute approximate surface area is 323 Å². The molecule has 0 aliphatic carbocycles. The minimum atomic E-state index is 0.511. The molecule has 0 amide bonds. The van der Waals surface area contributed by atoms with Crippen molar-refractivity contribution in [3.8, 4) is 56.8 Å². The van der Waals surface area contributed by atoms with Crippen molar-refractivity contribution in [2.24, 2.45) is 0 Å². The maximum Gasteiger partial charge on any atom is 0.180 e. The van der Waals surface area contributed by atoms with Crippen LogP contribution < -0.4 is 0 Å². The van der Waals surface area contributed by atoms with Crippen molar-refractivity contribution < 1.29 is 13.3 Å². The Bertz CT molecular complexity index is 3530. The van der Waals surface area contributed by atoms with E-state index >= 15 is 0 Å². The number of para-hydroxylation sites is 4. The lowest BCUT2D eigenvalue weighted by Crippen LogP contribution is -2.00. The van der Waals surface area contributed by atoms with Gasteiger partial charge in [-0.25, -0.2) is 24.9 Å². The van der Waals surface area contributed by atoms with Crippen molar-refractivity contribution >= 4 is 65.9 Å². The van der Waals surface area contributed by atoms with Crippen LogP contribution in [0.15, 0.2) is 177 Å². The first-order valence-corrected chi connectivity index (χ1v) is 18.7. The number of benzene rings is 7. The molecule has 12 aromatic rings. The third-order valence-electron chi connectivity index (χ3n) is 10.6. The molecule has 5 heterocycles. The molecular formula is C49H27N5O3. The van der Waals surface area contributed by atoms with Gasteiger partial charge < -0.3 is 13.3 Å². The van der Waals surface area contributed by atoms with Crippen molar-refractivity contribution in [3.63, 3.8) is 0 Å². The van der Waals surface area contributed by atoms with E-state index in [-0.39, 0.29) is 0 Å². The largest absolute Gasteiger partial charge is 0.455 e. The first-order valence-electron chi connectivity index (χ1n) is 18.7. The molecule has 266 valence electrons. The Morgan fingerprint density at radius 2 is 0.789 bits per heavy atom. The molecule has 0 atom stereocenters. The molecule has 12 rings (SSSR count). The molecule has 0 aliphatic heterocycles. The van der Waals surface area contributed by atoms with Crippen molar-refractivity contribution in [1.29, 1.82) is 0 Å². The maximum atomic E-state index is 6.76. The number of rotatable bonds is 5. The van der Waals surface area contributed by atoms with Crippen LogP contribution in [0.4, 0.5) is 0 Å². The van der Waals surface area contributed by atoms with E-state index in [0.717, 1.165) is 77.0 Å². The summed E-state index contributed by atoms with van der Waals surface area (Å²) in [6.07, 6.45) is 0. The van der Waals surface area contributed by atoms with Crippen LogP contribution in [0.1, 0.15) is 0 Å². The fraction of sp³-hybridized carbons (Fsp3) is 0. The zero-order valence-electron chi connectivity index (χ0n) is 30.0. The molecule has 0 fully saturated rings. The average Bonchev–Trinajstić information content (AvgIpc) is 3.98. The molecule has 0 radical (unpaired) electrons. The predicted molar refractivity (Wildman–Crippen MR) is 224 cm³/mol. The highest BCUT2D eigenvalue weighted by Crippen LogP contribution is 2.42. The van der Waals surface area contributed by atoms with Crippen molar-refractivity contribution in [2.75, 3.05) is 0 Å². The van der Waals surface area contributed by atoms with Crippen LogP contribution in [0, 0.1) is 0 Å². The van der Waals surface area contributed by atoms with E-state index in [1.54, 1.807) is 0 Å². The molecule has 0 aliphatic rings. The molecule has 8 nitrogen and oxygen atoms in total. The number of hydrogen-bond acceptors (Lipinski definition) is 8. The van der Waals surface area contributed by atoms with Gasteiger partial charge in [-0.3, -0.25) is 0 Å². The van der Waals surface area contributed by atoms with E-state index in [9.17, 15) is 0 Å². The third-order valence-corrected chi connectivity index (χ3v) is 10.6. The van der Waals surface area contributed by atoms with E-state index in [1.165, 1.54) is 0 Å². The van der Waals surface area contributed by atoms with Gasteiger partial charge >= 0.3 is 0 Å². The molecule has 0 bridgehead atoms. The number of furan rings is 3. The van der Waals surface area contributed by atoms with Gasteiger partial charge in [-0.05, 0) is 36.4 Å². The fourth-order valence-electron chi connectivity index (χ4n) is 7.97. The summed E-state index contributed by atoms with van der Waals surface area (Å²) in [7, 11) is 0. The van der Waals surface area contributed by atoms with Gasteiger partial charge in [0.2, 0.25) is 0 Å². The number of hydrogen-bond donors (Lipinski definition) is 0. The van der Waals surface area contributed by atoms with E-state index in [4.69, 9.17) is 38.2 Å². The van der Waals surface area contributed by atoms with Crippen molar-refractivity contribution in [3.05, 3.63) is 164 Å². The summed E-state index contributed by atoms with van der Waals surface area (Å²) in [6.45, 7) is 0. The molecule has 0 N–H and O–H groups in total. The number of nitrogens with zero attached hydrogens (tertiary/aromatic N) is 5. The van der Waals surface area contributed by atoms with E-state index in [1.807, 2.05) is 146 Å². The van der Waals surface area contributed by atoms with Crippen LogP contribution in [0.3, 0.4) is 0 Å². The van der Waals surface area contributed by atoms with Gasteiger partial charge in [0.1, 0.15) is 39.1 Å². The monoisotopic (exact) mass is 733 g/mol. The van der Waals surface area contributed by atoms with Gasteiger partial charge in [0.25, 0.3) is 0 Å². The van der Waals surface area contributed by atoms with Gasteiger partial charge in [-0.1, -0.05) is 127 Å². The second kappa shape index (κ2) is 12.3. The third kappa shape index (κ3) is 4.91. The summed E-state index contributed by atoms with van der Waals surface area (Å²) >= 11 is 0. The second-order valence-corrected chi connectivity index (χ2v) is 14.0. The molecule has 0 unspecified atom stereocenters. The van der Waals surface area contributed by atoms with Crippen LogP contribution in [0.5, 0.6) is 0 Å². The first kappa shape index (κ1) is 31.4. The van der Waals surface area contributed by atoms with Crippen molar-refractivity contribution in [2.45, 2.75) is 0 Å². The molecule has 0 spiro atoms. The SMILES string of the molecule is c1ccc(-c2nc(-c3cccc4c3oc3ccccc34)nc(-c3cccc4oc5c(-c6nc(-c7ccccc7)c7oc8ccccc8c7n6)cccc5c34)n2)cc1. The van der Waals surface area contributed by atoms with Crippen LogP contribution in [-0.4, -0.2) is 24.9 Å². The zero-order valence-corrected chi connectivity index (χ0v) is 30.0. The average molecular weight is 734 g/mol. The van der Waals surface area contributed by atoms with Gasteiger partial charge in [0.05, 0.1) is 11.1 Å². The summed E-state index contributed by atoms with van der Waals surface area (Å²) in [5, 5.41) is 4.73. The summed E-state index contributed by atoms with van der Waals surface area (Å²) in [5.74, 6) is 2.11. The van der Waals surface area contributed by atoms with Crippen LogP contribution in [0.2, 0.25) is 0 Å². The second-order valence-electron chi connectivity index (χ2n) is 14.0. The topological polar surface area (TPSA) is 104 Å². The molecule has 0 saturated heterocycles. The summed E-state index contributed by atoms with van der Waals surface area (Å²) in [5.41, 5.74) is 9.90. The van der Waals surface area contributed by atoms with Crippen LogP contribution in [0.25, 0.3) is 123 Å². The normalized spacial score (nSPS) is 11.9. The summed E-state index contributed by atoms with van der Waals surface area (Å²) in [6, 6.07) is 54.2. The summed E-state index contributed by atoms with van der Waals surface area (Å²) in [4.78, 5) is 25.6. The van der Waals surface area contributed by atoms with E-state index in [2.05, 4.69) is 18.2 Å². The van der Waals surface area contributed by atoms with Crippen LogP contribution >= 0.6 is 0 Å². The maximum absolute atomic E-state index is 6.76. The molecule has 5 aromatic heterocycles. The smallest absolute Gasteiger partial charge is 0.180 e. The first-order chi connectivity index (χ1) is 28.2. The van der Waals surface area contributed by atoms with E-state index < -0.39 is 0 Å². The number of fused-ring (bicyclic) bond motifs is 9. The fourth-order valence-corrected chi connectivity index (χ4v) is 7.97. The van der Waals surface area contributed by atoms with E-state index in [0.29, 0.717) is 45.7 Å². The highest BCUT2D eigenvalue weighted by atomic mass is 16.3. The predicted octanol–water partition coefficient (Wildman–Crippen LogP) is 12.7. The molecule has 0 saturated carbocycles. The van der Waals surface area contributed by atoms with Gasteiger partial charge in [0.15, 0.2) is 28.9 Å². The Balaban J connectivity index is 1.09. The minimum Gasteiger partial charge on any atom is -0.455 e. The Kier molecular flexibility index (Phi) is 6.76. The lowest BCUT2D eigenvalue weighted by Gasteiger charge is -2.09. The van der Waals surface area contributed by atoms with Gasteiger partial charge in [-0.2, -0.15) is 0 Å². The number of aromatic nitrogens is 5. The highest BCUT2D eigenvalue weighted by Gasteiger charge is 2.24. The molecule has 8 heteroatoms. The molecule has 7 aromatic carbocycles. The quantitative estimate of drug-likeness (QED) is 0.172. The Hall–Kier alpha value is -7.97. The minimum absolute atomic E-state index is 0.511. The standard InChI is InChI=1S/C49H27N5O3/c1-3-14-28(15-4-1)41-45-42(32-19-8-10-26-38(32)56-45)51-48(50-41)36-24-12-21-33-40-34(22-13-27-39(40)57-44(33)36)47-52-46(29-16-5-2-6-17-29)53-49(54-47)35-23-11-20-31-30-18-7-9-25-37(30)55-43(31)35/h1-27H. The lowest BCUT2D eigenvalue weighted by atomic mass is 10.0.